The first-order chi connectivity index (χ1) is 11.8. The highest BCUT2D eigenvalue weighted by atomic mass is 35.5. The van der Waals surface area contributed by atoms with Gasteiger partial charge in [-0.2, -0.15) is 8.42 Å². The number of nitrogens with zero attached hydrogens (tertiary/aromatic N) is 3. The Bertz CT molecular complexity index is 1080. The number of aryl methyl sites for hydroxylation is 2. The quantitative estimate of drug-likeness (QED) is 0.752. The topological polar surface area (TPSA) is 93.4 Å². The Labute approximate surface area is 149 Å². The zero-order valence-electron chi connectivity index (χ0n) is 13.5. The average molecular weight is 379 g/mol. The van der Waals surface area contributed by atoms with E-state index < -0.39 is 15.9 Å². The summed E-state index contributed by atoms with van der Waals surface area (Å²) < 4.78 is 28.6. The number of hydrogen-bond donors (Lipinski definition) is 1. The van der Waals surface area contributed by atoms with E-state index in [0.29, 0.717) is 28.3 Å². The van der Waals surface area contributed by atoms with E-state index in [-0.39, 0.29) is 10.7 Å². The van der Waals surface area contributed by atoms with Crippen molar-refractivity contribution < 1.29 is 13.2 Å². The van der Waals surface area contributed by atoms with Gasteiger partial charge in [-0.05, 0) is 37.1 Å². The SMILES string of the molecule is CCc1nc2ccc(Cl)cn2c1C(=O)NS(=O)(=O)c1ncccc1C. The van der Waals surface area contributed by atoms with E-state index in [9.17, 15) is 13.2 Å². The Kier molecular flexibility index (Phi) is 4.49. The van der Waals surface area contributed by atoms with E-state index in [1.807, 2.05) is 6.92 Å². The van der Waals surface area contributed by atoms with Crippen molar-refractivity contribution in [1.82, 2.24) is 19.1 Å². The van der Waals surface area contributed by atoms with Gasteiger partial charge in [-0.25, -0.2) is 14.7 Å². The van der Waals surface area contributed by atoms with Crippen LogP contribution in [0.4, 0.5) is 0 Å². The molecule has 25 heavy (non-hydrogen) atoms. The molecule has 0 aliphatic carbocycles. The van der Waals surface area contributed by atoms with Gasteiger partial charge in [0.1, 0.15) is 11.3 Å². The molecule has 9 heteroatoms. The molecule has 0 saturated carbocycles. The predicted octanol–water partition coefficient (Wildman–Crippen LogP) is 2.37. The van der Waals surface area contributed by atoms with E-state index in [0.717, 1.165) is 0 Å². The molecule has 0 spiro atoms. The molecule has 0 saturated heterocycles. The van der Waals surface area contributed by atoms with Crippen LogP contribution in [0.15, 0.2) is 41.7 Å². The number of carbonyl (C=O) groups excluding carboxylic acids is 1. The van der Waals surface area contributed by atoms with Gasteiger partial charge < -0.3 is 0 Å². The maximum atomic E-state index is 12.7. The molecule has 0 radical (unpaired) electrons. The summed E-state index contributed by atoms with van der Waals surface area (Å²) in [6, 6.07) is 6.55. The molecular formula is C16H15ClN4O3S. The number of amides is 1. The molecule has 7 nitrogen and oxygen atoms in total. The van der Waals surface area contributed by atoms with Crippen molar-refractivity contribution in [2.75, 3.05) is 0 Å². The first kappa shape index (κ1) is 17.4. The minimum absolute atomic E-state index is 0.136. The van der Waals surface area contributed by atoms with Crippen molar-refractivity contribution in [3.63, 3.8) is 0 Å². The second-order valence-electron chi connectivity index (χ2n) is 5.40. The Morgan fingerprint density at radius 3 is 2.76 bits per heavy atom. The molecule has 1 N–H and O–H groups in total. The maximum absolute atomic E-state index is 12.7. The number of aromatic nitrogens is 3. The number of fused-ring (bicyclic) bond motifs is 1. The summed E-state index contributed by atoms with van der Waals surface area (Å²) in [5, 5.41) is 0.221. The summed E-state index contributed by atoms with van der Waals surface area (Å²) in [6.45, 7) is 3.44. The van der Waals surface area contributed by atoms with Gasteiger partial charge >= 0.3 is 0 Å². The van der Waals surface area contributed by atoms with Gasteiger partial charge in [-0.3, -0.25) is 9.20 Å². The molecule has 0 aromatic carbocycles. The zero-order valence-corrected chi connectivity index (χ0v) is 15.1. The van der Waals surface area contributed by atoms with Crippen molar-refractivity contribution in [3.05, 3.63) is 58.6 Å². The second kappa shape index (κ2) is 6.45. The van der Waals surface area contributed by atoms with Crippen molar-refractivity contribution in [3.8, 4) is 0 Å². The van der Waals surface area contributed by atoms with E-state index in [1.165, 1.54) is 16.8 Å². The van der Waals surface area contributed by atoms with Crippen LogP contribution in [0.5, 0.6) is 0 Å². The Balaban J connectivity index is 2.06. The fourth-order valence-corrected chi connectivity index (χ4v) is 3.82. The van der Waals surface area contributed by atoms with Crippen molar-refractivity contribution in [2.24, 2.45) is 0 Å². The summed E-state index contributed by atoms with van der Waals surface area (Å²) >= 11 is 5.99. The van der Waals surface area contributed by atoms with E-state index in [4.69, 9.17) is 11.6 Å². The Morgan fingerprint density at radius 1 is 1.32 bits per heavy atom. The molecule has 0 aliphatic rings. The molecule has 0 fully saturated rings. The number of nitrogens with one attached hydrogen (secondary N) is 1. The molecular weight excluding hydrogens is 364 g/mol. The summed E-state index contributed by atoms with van der Waals surface area (Å²) in [4.78, 5) is 20.9. The third-order valence-electron chi connectivity index (χ3n) is 3.65. The van der Waals surface area contributed by atoms with Gasteiger partial charge in [0, 0.05) is 12.4 Å². The fraction of sp³-hybridized carbons (Fsp3) is 0.188. The highest BCUT2D eigenvalue weighted by Crippen LogP contribution is 2.18. The molecule has 0 atom stereocenters. The molecule has 3 rings (SSSR count). The third-order valence-corrected chi connectivity index (χ3v) is 5.26. The highest BCUT2D eigenvalue weighted by Gasteiger charge is 2.26. The summed E-state index contributed by atoms with van der Waals surface area (Å²) in [7, 11) is -4.10. The van der Waals surface area contributed by atoms with E-state index >= 15 is 0 Å². The monoisotopic (exact) mass is 378 g/mol. The lowest BCUT2D eigenvalue weighted by Crippen LogP contribution is -2.33. The van der Waals surface area contributed by atoms with Crippen LogP contribution >= 0.6 is 11.6 Å². The molecule has 1 amide bonds. The van der Waals surface area contributed by atoms with Crippen molar-refractivity contribution in [1.29, 1.82) is 0 Å². The van der Waals surface area contributed by atoms with Gasteiger partial charge in [0.25, 0.3) is 15.9 Å². The van der Waals surface area contributed by atoms with Crippen LogP contribution in [0.3, 0.4) is 0 Å². The number of imidazole rings is 1. The van der Waals surface area contributed by atoms with Crippen molar-refractivity contribution >= 4 is 33.2 Å². The first-order valence-electron chi connectivity index (χ1n) is 7.48. The standard InChI is InChI=1S/C16H15ClN4O3S/c1-3-12-14(21-9-11(17)6-7-13(21)19-12)15(22)20-25(23,24)16-10(2)5-4-8-18-16/h4-9H,3H2,1-2H3,(H,20,22). The second-order valence-corrected chi connectivity index (χ2v) is 7.43. The van der Waals surface area contributed by atoms with Gasteiger partial charge in [0.15, 0.2) is 5.03 Å². The highest BCUT2D eigenvalue weighted by molar-refractivity contribution is 7.90. The molecule has 0 unspecified atom stereocenters. The van der Waals surface area contributed by atoms with Crippen LogP contribution in [0.2, 0.25) is 5.02 Å². The number of pyridine rings is 2. The number of halogens is 1. The number of hydrogen-bond acceptors (Lipinski definition) is 5. The molecule has 3 aromatic rings. The van der Waals surface area contributed by atoms with Gasteiger partial charge in [-0.15, -0.1) is 0 Å². The molecule has 0 aliphatic heterocycles. The molecule has 3 heterocycles. The molecule has 130 valence electrons. The summed E-state index contributed by atoms with van der Waals surface area (Å²) in [6.07, 6.45) is 3.35. The average Bonchev–Trinajstić information content (AvgIpc) is 2.92. The lowest BCUT2D eigenvalue weighted by Gasteiger charge is -2.09. The van der Waals surface area contributed by atoms with Crippen LogP contribution in [0.25, 0.3) is 5.65 Å². The molecule has 3 aromatic heterocycles. The largest absolute Gasteiger partial charge is 0.294 e. The number of sulfonamides is 1. The minimum atomic E-state index is -4.10. The fourth-order valence-electron chi connectivity index (χ4n) is 2.53. The zero-order chi connectivity index (χ0) is 18.2. The number of rotatable bonds is 4. The maximum Gasteiger partial charge on any atom is 0.283 e. The van der Waals surface area contributed by atoms with Gasteiger partial charge in [0.2, 0.25) is 0 Å². The van der Waals surface area contributed by atoms with Crippen LogP contribution in [-0.2, 0) is 16.4 Å². The lowest BCUT2D eigenvalue weighted by atomic mass is 10.2. The normalized spacial score (nSPS) is 11.6. The smallest absolute Gasteiger partial charge is 0.283 e. The summed E-state index contributed by atoms with van der Waals surface area (Å²) in [5.41, 5.74) is 1.57. The predicted molar refractivity (Wildman–Crippen MR) is 93.2 cm³/mol. The summed E-state index contributed by atoms with van der Waals surface area (Å²) in [5.74, 6) is -0.781. The minimum Gasteiger partial charge on any atom is -0.294 e. The third kappa shape index (κ3) is 3.22. The van der Waals surface area contributed by atoms with E-state index in [2.05, 4.69) is 14.7 Å². The molecule has 0 bridgehead atoms. The van der Waals surface area contributed by atoms with Crippen molar-refractivity contribution in [2.45, 2.75) is 25.3 Å². The van der Waals surface area contributed by atoms with Gasteiger partial charge in [0.05, 0.1) is 10.7 Å². The van der Waals surface area contributed by atoms with Crippen LogP contribution in [0.1, 0.15) is 28.7 Å². The van der Waals surface area contributed by atoms with Crippen LogP contribution in [-0.4, -0.2) is 28.7 Å². The van der Waals surface area contributed by atoms with E-state index in [1.54, 1.807) is 31.2 Å². The lowest BCUT2D eigenvalue weighted by molar-refractivity contribution is 0.0974. The Morgan fingerprint density at radius 2 is 2.08 bits per heavy atom. The van der Waals surface area contributed by atoms with Gasteiger partial charge in [-0.1, -0.05) is 24.6 Å². The first-order valence-corrected chi connectivity index (χ1v) is 9.35. The van der Waals surface area contributed by atoms with Crippen LogP contribution in [0, 0.1) is 6.92 Å². The Hall–Kier alpha value is -2.45. The number of carbonyl (C=O) groups is 1. The van der Waals surface area contributed by atoms with Crippen LogP contribution < -0.4 is 4.72 Å².